The largest absolute Gasteiger partial charge is 0.380 e. The van der Waals surface area contributed by atoms with Crippen molar-refractivity contribution in [1.82, 2.24) is 80.7 Å². The summed E-state index contributed by atoms with van der Waals surface area (Å²) in [5.74, 6) is 2.68. The number of aromatic amines is 4. The van der Waals surface area contributed by atoms with Crippen molar-refractivity contribution in [2.45, 2.75) is 54.8 Å². The Morgan fingerprint density at radius 1 is 0.336 bits per heavy atom. The van der Waals surface area contributed by atoms with Crippen LogP contribution in [0.1, 0.15) is 105 Å². The van der Waals surface area contributed by atoms with Gasteiger partial charge in [-0.15, -0.1) is 24.0 Å². The van der Waals surface area contributed by atoms with E-state index in [0.717, 1.165) is 44.3 Å². The number of para-hydroxylation sites is 4. The van der Waals surface area contributed by atoms with E-state index < -0.39 is 23.8 Å². The van der Waals surface area contributed by atoms with Crippen molar-refractivity contribution in [2.75, 3.05) is 21.3 Å². The molecule has 2 atom stereocenters. The number of nitrogens with zero attached hydrogens (tertiary/aromatic N) is 12. The summed E-state index contributed by atoms with van der Waals surface area (Å²) < 4.78 is 52.5. The summed E-state index contributed by atoms with van der Waals surface area (Å²) in [5, 5.41) is 65.0. The molecule has 0 spiro atoms. The highest BCUT2D eigenvalue weighted by Gasteiger charge is 2.22. The van der Waals surface area contributed by atoms with Crippen LogP contribution in [0.25, 0.3) is 43.6 Å². The maximum absolute atomic E-state index is 13.1. The lowest BCUT2D eigenvalue weighted by Crippen LogP contribution is -2.09. The van der Waals surface area contributed by atoms with E-state index in [1.807, 2.05) is 137 Å². The predicted octanol–water partition coefficient (Wildman–Crippen LogP) is 16.7. The number of hydrogen-bond donors (Lipinski definition) is 10. The molecule has 0 radical (unpaired) electrons. The van der Waals surface area contributed by atoms with Crippen LogP contribution < -0.4 is 21.3 Å². The number of halogens is 5. The van der Waals surface area contributed by atoms with Crippen molar-refractivity contribution >= 4 is 126 Å². The number of carbonyl (C=O) groups excluding carboxylic acids is 2. The number of aromatic nitrogens is 16. The van der Waals surface area contributed by atoms with E-state index in [-0.39, 0.29) is 85.3 Å². The Kier molecular flexibility index (Phi) is 24.6. The Hall–Kier alpha value is -13.1. The average Bonchev–Trinajstić information content (AvgIpc) is 1.49. The van der Waals surface area contributed by atoms with Gasteiger partial charge in [-0.1, -0.05) is 87.6 Å². The Morgan fingerprint density at radius 2 is 0.579 bits per heavy atom. The van der Waals surface area contributed by atoms with Crippen LogP contribution in [0.4, 0.5) is 64.1 Å². The number of H-pyrrole nitrogens is 4. The Morgan fingerprint density at radius 3 is 0.841 bits per heavy atom. The average molecular weight is 1550 g/mol. The number of fused-ring (bicyclic) bond motifs is 4. The second-order valence-electron chi connectivity index (χ2n) is 23.5. The molecule has 0 aliphatic heterocycles. The molecule has 0 saturated heterocycles. The molecule has 0 aliphatic rings. The summed E-state index contributed by atoms with van der Waals surface area (Å²) in [6.45, 7) is 7.58. The number of aliphatic hydroxyl groups excluding tert-OH is 2. The van der Waals surface area contributed by atoms with Crippen LogP contribution in [-0.2, 0) is 0 Å². The van der Waals surface area contributed by atoms with Gasteiger partial charge >= 0.3 is 0 Å². The van der Waals surface area contributed by atoms with Gasteiger partial charge in [0.1, 0.15) is 58.7 Å². The summed E-state index contributed by atoms with van der Waals surface area (Å²) in [4.78, 5) is 60.8. The maximum Gasteiger partial charge on any atom is 0.230 e. The number of carbonyl (C=O) groups is 2. The SMILES string of the molecule is C.C.Cc1cc(Nc2nc(C(=O)c3ccc(F)cc3)nc3ccccc23)n[nH]1.Cc1cc(Nc2nc(C(=O)c3ccc(F)cc3)nc3ccccc23)n[nH]1.Cc1cc(Nc2nc([C@@H](O)c3ccc(F)cc3)nc3ccccc23)n[nH]1.Cc1cc(Nc2nc([C@H](O)c3ccc(F)cc3)nc3ccccc23)n[nH]1.I. The number of aliphatic hydroxyl groups is 2. The lowest BCUT2D eigenvalue weighted by atomic mass is 10.1. The van der Waals surface area contributed by atoms with Crippen molar-refractivity contribution in [3.63, 3.8) is 0 Å². The molecule has 0 aliphatic carbocycles. The molecule has 29 heteroatoms. The number of aryl methyl sites for hydroxylation is 4. The van der Waals surface area contributed by atoms with E-state index in [4.69, 9.17) is 0 Å². The number of ketones is 2. The van der Waals surface area contributed by atoms with E-state index in [9.17, 15) is 37.4 Å². The maximum atomic E-state index is 13.1. The standard InChI is InChI=1S/2C19H16FN5O.2C19H14FN5O.2CH4.HI/c4*1-11-10-16(25-24-11)22-18-14-4-2-3-5-15(14)21-19(23-18)17(26)12-6-8-13(20)9-7-12;;;/h2*2-10,17,26H,1H3,(H2,21,22,23,24,25);2*2-10H,1H3,(H2,21,22,23,24,25);2*1H4;1H/t2*17-;;;;;/m10...../s1. The fourth-order valence-electron chi connectivity index (χ4n) is 10.6. The van der Waals surface area contributed by atoms with Crippen molar-refractivity contribution in [2.24, 2.45) is 0 Å². The molecular weight excluding hydrogens is 1480 g/mol. The lowest BCUT2D eigenvalue weighted by molar-refractivity contribution is 0.102. The minimum atomic E-state index is -1.07. The summed E-state index contributed by atoms with van der Waals surface area (Å²) >= 11 is 0. The molecule has 0 saturated carbocycles. The highest BCUT2D eigenvalue weighted by molar-refractivity contribution is 14.0. The van der Waals surface area contributed by atoms with Gasteiger partial charge in [-0.3, -0.25) is 30.0 Å². The molecule has 540 valence electrons. The molecule has 107 heavy (non-hydrogen) atoms. The van der Waals surface area contributed by atoms with Gasteiger partial charge in [-0.25, -0.2) is 57.4 Å². The van der Waals surface area contributed by atoms with Gasteiger partial charge in [0, 0.05) is 79.7 Å². The van der Waals surface area contributed by atoms with Crippen molar-refractivity contribution in [1.29, 1.82) is 0 Å². The summed E-state index contributed by atoms with van der Waals surface area (Å²) in [6, 6.07) is 59.0. The first kappa shape index (κ1) is 76.5. The molecule has 16 aromatic rings. The molecule has 0 amide bonds. The topological polar surface area (TPSA) is 341 Å². The molecular formula is C78H69F4IN20O4. The minimum absolute atomic E-state index is 0. The third kappa shape index (κ3) is 18.6. The van der Waals surface area contributed by atoms with Gasteiger partial charge in [-0.05, 0) is 160 Å². The van der Waals surface area contributed by atoms with Gasteiger partial charge < -0.3 is 31.5 Å². The normalized spacial score (nSPS) is 11.2. The first-order valence-corrected chi connectivity index (χ1v) is 32.1. The van der Waals surface area contributed by atoms with Crippen LogP contribution in [0.5, 0.6) is 0 Å². The molecule has 10 N–H and O–H groups in total. The number of anilines is 8. The van der Waals surface area contributed by atoms with Gasteiger partial charge in [-0.2, -0.15) is 20.4 Å². The zero-order valence-electron chi connectivity index (χ0n) is 55.9. The highest BCUT2D eigenvalue weighted by atomic mass is 127. The number of hydrogen-bond acceptors (Lipinski definition) is 20. The van der Waals surface area contributed by atoms with Crippen molar-refractivity contribution in [3.8, 4) is 0 Å². The molecule has 8 aromatic heterocycles. The predicted molar refractivity (Wildman–Crippen MR) is 414 cm³/mol. The minimum Gasteiger partial charge on any atom is -0.380 e. The lowest BCUT2D eigenvalue weighted by Gasteiger charge is -2.13. The second-order valence-corrected chi connectivity index (χ2v) is 23.5. The fraction of sp³-hybridized carbons (Fsp3) is 0.103. The number of nitrogens with one attached hydrogen (secondary N) is 8. The molecule has 0 fully saturated rings. The number of benzene rings is 8. The smallest absolute Gasteiger partial charge is 0.230 e. The van der Waals surface area contributed by atoms with Gasteiger partial charge in [0.05, 0.1) is 22.1 Å². The summed E-state index contributed by atoms with van der Waals surface area (Å²) in [7, 11) is 0. The third-order valence-corrected chi connectivity index (χ3v) is 15.7. The third-order valence-electron chi connectivity index (χ3n) is 15.7. The van der Waals surface area contributed by atoms with E-state index >= 15 is 0 Å². The zero-order valence-corrected chi connectivity index (χ0v) is 58.3. The van der Waals surface area contributed by atoms with Crippen LogP contribution in [-0.4, -0.2) is 102 Å². The van der Waals surface area contributed by atoms with Gasteiger partial charge in [0.2, 0.25) is 23.2 Å². The monoisotopic (exact) mass is 1550 g/mol. The van der Waals surface area contributed by atoms with Gasteiger partial charge in [0.25, 0.3) is 0 Å². The van der Waals surface area contributed by atoms with Crippen LogP contribution in [0.2, 0.25) is 0 Å². The molecule has 0 unspecified atom stereocenters. The second kappa shape index (κ2) is 34.4. The molecule has 8 heterocycles. The zero-order chi connectivity index (χ0) is 72.4. The van der Waals surface area contributed by atoms with Crippen molar-refractivity contribution in [3.05, 3.63) is 310 Å². The summed E-state index contributed by atoms with van der Waals surface area (Å²) in [6.07, 6.45) is -2.14. The van der Waals surface area contributed by atoms with Crippen molar-refractivity contribution < 1.29 is 37.4 Å². The Bertz CT molecular complexity index is 5400. The van der Waals surface area contributed by atoms with Crippen LogP contribution in [0, 0.1) is 51.0 Å². The Balaban J connectivity index is 0.000000151. The first-order valence-electron chi connectivity index (χ1n) is 32.1. The number of rotatable bonds is 16. The molecule has 24 nitrogen and oxygen atoms in total. The quantitative estimate of drug-likeness (QED) is 0.0244. The van der Waals surface area contributed by atoms with E-state index in [1.165, 1.54) is 97.1 Å². The molecule has 0 bridgehead atoms. The highest BCUT2D eigenvalue weighted by Crippen LogP contribution is 2.32. The Labute approximate surface area is 626 Å². The molecule has 16 rings (SSSR count). The van der Waals surface area contributed by atoms with E-state index in [1.54, 1.807) is 12.1 Å². The van der Waals surface area contributed by atoms with Crippen LogP contribution >= 0.6 is 24.0 Å². The van der Waals surface area contributed by atoms with E-state index in [2.05, 4.69) is 102 Å². The molecule has 8 aromatic carbocycles. The van der Waals surface area contributed by atoms with Gasteiger partial charge in [0.15, 0.2) is 34.9 Å². The van der Waals surface area contributed by atoms with Crippen LogP contribution in [0.15, 0.2) is 218 Å². The van der Waals surface area contributed by atoms with E-state index in [0.29, 0.717) is 90.9 Å². The summed E-state index contributed by atoms with van der Waals surface area (Å²) in [5.41, 5.74) is 7.93. The van der Waals surface area contributed by atoms with Crippen LogP contribution in [0.3, 0.4) is 0 Å². The fourth-order valence-corrected chi connectivity index (χ4v) is 10.6. The first-order chi connectivity index (χ1) is 50.4.